The second-order valence-electron chi connectivity index (χ2n) is 6.21. The topological polar surface area (TPSA) is 36.5 Å². The van der Waals surface area contributed by atoms with Crippen LogP contribution in [0.1, 0.15) is 5.56 Å². The Morgan fingerprint density at radius 1 is 1.07 bits per heavy atom. The van der Waals surface area contributed by atoms with Crippen molar-refractivity contribution >= 4 is 23.0 Å². The first-order chi connectivity index (χ1) is 12.7. The average Bonchev–Trinajstić information content (AvgIpc) is 2.59. The van der Waals surface area contributed by atoms with Gasteiger partial charge < -0.3 is 20.3 Å². The van der Waals surface area contributed by atoms with E-state index in [-0.39, 0.29) is 11.8 Å². The van der Waals surface area contributed by atoms with E-state index in [0.29, 0.717) is 17.3 Å². The minimum atomic E-state index is -4.70. The number of benzene rings is 2. The highest BCUT2D eigenvalue weighted by atomic mass is 32.1. The lowest BCUT2D eigenvalue weighted by molar-refractivity contribution is -0.274. The number of nitrogens with one attached hydrogen (secondary N) is 2. The Hall–Kier alpha value is -2.32. The summed E-state index contributed by atoms with van der Waals surface area (Å²) in [5.41, 5.74) is 1.81. The molecule has 0 aliphatic rings. The van der Waals surface area contributed by atoms with E-state index in [9.17, 15) is 13.2 Å². The van der Waals surface area contributed by atoms with Gasteiger partial charge in [0, 0.05) is 18.3 Å². The maximum Gasteiger partial charge on any atom is 0.573 e. The highest BCUT2D eigenvalue weighted by molar-refractivity contribution is 7.80. The molecular formula is C19H22F3N3OS. The number of hydrogen-bond donors (Lipinski definition) is 2. The van der Waals surface area contributed by atoms with Gasteiger partial charge in [-0.05, 0) is 62.6 Å². The van der Waals surface area contributed by atoms with Gasteiger partial charge in [-0.15, -0.1) is 13.2 Å². The van der Waals surface area contributed by atoms with E-state index in [0.717, 1.165) is 6.42 Å². The van der Waals surface area contributed by atoms with Gasteiger partial charge in [-0.25, -0.2) is 0 Å². The molecule has 0 spiro atoms. The number of hydrogen-bond acceptors (Lipinski definition) is 3. The Bertz CT molecular complexity index is 721. The number of alkyl halides is 3. The lowest BCUT2D eigenvalue weighted by Crippen LogP contribution is -2.42. The van der Waals surface area contributed by atoms with Crippen LogP contribution < -0.4 is 15.4 Å². The lowest BCUT2D eigenvalue weighted by atomic mass is 10.1. The molecule has 4 nitrogen and oxygen atoms in total. The summed E-state index contributed by atoms with van der Waals surface area (Å²) in [5.74, 6) is -0.275. The predicted octanol–water partition coefficient (Wildman–Crippen LogP) is 4.04. The van der Waals surface area contributed by atoms with Gasteiger partial charge in [0.2, 0.25) is 0 Å². The van der Waals surface area contributed by atoms with Crippen molar-refractivity contribution in [1.29, 1.82) is 0 Å². The van der Waals surface area contributed by atoms with Crippen LogP contribution in [0, 0.1) is 0 Å². The predicted molar refractivity (Wildman–Crippen MR) is 105 cm³/mol. The van der Waals surface area contributed by atoms with Crippen molar-refractivity contribution in [1.82, 2.24) is 10.2 Å². The molecule has 0 saturated carbocycles. The Kier molecular flexibility index (Phi) is 7.44. The maximum absolute atomic E-state index is 12.2. The van der Waals surface area contributed by atoms with Gasteiger partial charge in [-0.3, -0.25) is 0 Å². The first kappa shape index (κ1) is 21.0. The Morgan fingerprint density at radius 2 is 1.70 bits per heavy atom. The minimum Gasteiger partial charge on any atom is -0.406 e. The molecule has 146 valence electrons. The Balaban J connectivity index is 1.85. The smallest absolute Gasteiger partial charge is 0.406 e. The van der Waals surface area contributed by atoms with Crippen LogP contribution in [0.25, 0.3) is 0 Å². The quantitative estimate of drug-likeness (QED) is 0.690. The normalized spacial score (nSPS) is 12.5. The van der Waals surface area contributed by atoms with E-state index >= 15 is 0 Å². The zero-order valence-electron chi connectivity index (χ0n) is 15.1. The van der Waals surface area contributed by atoms with E-state index in [2.05, 4.69) is 32.4 Å². The first-order valence-electron chi connectivity index (χ1n) is 8.34. The molecular weight excluding hydrogens is 375 g/mol. The van der Waals surface area contributed by atoms with Crippen LogP contribution in [0.3, 0.4) is 0 Å². The second-order valence-corrected chi connectivity index (χ2v) is 6.62. The van der Waals surface area contributed by atoms with E-state index in [1.165, 1.54) is 29.8 Å². The number of thiocarbonyl (C=S) groups is 1. The van der Waals surface area contributed by atoms with Gasteiger partial charge in [-0.1, -0.05) is 30.3 Å². The van der Waals surface area contributed by atoms with Gasteiger partial charge >= 0.3 is 6.36 Å². The van der Waals surface area contributed by atoms with Crippen LogP contribution in [-0.2, 0) is 6.42 Å². The van der Waals surface area contributed by atoms with Crippen molar-refractivity contribution in [2.75, 3.05) is 26.0 Å². The van der Waals surface area contributed by atoms with Gasteiger partial charge in [0.25, 0.3) is 0 Å². The molecule has 0 radical (unpaired) electrons. The fraction of sp³-hybridized carbons (Fsp3) is 0.316. The third-order valence-electron chi connectivity index (χ3n) is 3.89. The van der Waals surface area contributed by atoms with Crippen LogP contribution in [0.2, 0.25) is 0 Å². The first-order valence-corrected chi connectivity index (χ1v) is 8.75. The molecule has 2 aromatic rings. The molecule has 0 aliphatic carbocycles. The van der Waals surface area contributed by atoms with Gasteiger partial charge in [0.05, 0.1) is 0 Å². The van der Waals surface area contributed by atoms with Gasteiger partial charge in [-0.2, -0.15) is 0 Å². The van der Waals surface area contributed by atoms with Crippen molar-refractivity contribution in [2.45, 2.75) is 18.8 Å². The molecule has 0 bridgehead atoms. The molecule has 2 rings (SSSR count). The lowest BCUT2D eigenvalue weighted by Gasteiger charge is -2.25. The molecule has 2 aromatic carbocycles. The fourth-order valence-corrected chi connectivity index (χ4v) is 2.65. The molecule has 2 N–H and O–H groups in total. The van der Waals surface area contributed by atoms with E-state index < -0.39 is 6.36 Å². The summed E-state index contributed by atoms with van der Waals surface area (Å²) >= 11 is 5.27. The Labute approximate surface area is 162 Å². The molecule has 0 saturated heterocycles. The Morgan fingerprint density at radius 3 is 2.26 bits per heavy atom. The zero-order valence-corrected chi connectivity index (χ0v) is 15.9. The van der Waals surface area contributed by atoms with Crippen LogP contribution in [0.15, 0.2) is 54.6 Å². The number of ether oxygens (including phenoxy) is 1. The number of anilines is 1. The third kappa shape index (κ3) is 7.84. The SMILES string of the molecule is CN(C)[C@@H](CNC(=S)Nc1ccc(OC(F)(F)F)cc1)Cc1ccccc1. The second kappa shape index (κ2) is 9.57. The largest absolute Gasteiger partial charge is 0.573 e. The standard InChI is InChI=1S/C19H22F3N3OS/c1-25(2)16(12-14-6-4-3-5-7-14)13-23-18(27)24-15-8-10-17(11-9-15)26-19(20,21)22/h3-11,16H,12-13H2,1-2H3,(H2,23,24,27)/t16-/m1/s1. The summed E-state index contributed by atoms with van der Waals surface area (Å²) in [6, 6.07) is 15.8. The summed E-state index contributed by atoms with van der Waals surface area (Å²) < 4.78 is 40.4. The monoisotopic (exact) mass is 397 g/mol. The highest BCUT2D eigenvalue weighted by Crippen LogP contribution is 2.23. The van der Waals surface area contributed by atoms with E-state index in [4.69, 9.17) is 12.2 Å². The molecule has 0 fully saturated rings. The summed E-state index contributed by atoms with van der Waals surface area (Å²) in [4.78, 5) is 2.12. The van der Waals surface area contributed by atoms with Crippen LogP contribution in [0.4, 0.5) is 18.9 Å². The highest BCUT2D eigenvalue weighted by Gasteiger charge is 2.30. The molecule has 1 atom stereocenters. The van der Waals surface area contributed by atoms with Crippen LogP contribution in [-0.4, -0.2) is 43.1 Å². The molecule has 0 aliphatic heterocycles. The van der Waals surface area contributed by atoms with Crippen molar-refractivity contribution in [2.24, 2.45) is 0 Å². The van der Waals surface area contributed by atoms with E-state index in [1.807, 2.05) is 32.3 Å². The summed E-state index contributed by atoms with van der Waals surface area (Å²) in [6.45, 7) is 0.628. The van der Waals surface area contributed by atoms with Gasteiger partial charge in [0.15, 0.2) is 5.11 Å². The van der Waals surface area contributed by atoms with E-state index in [1.54, 1.807) is 0 Å². The maximum atomic E-state index is 12.2. The molecule has 27 heavy (non-hydrogen) atoms. The van der Waals surface area contributed by atoms with Crippen molar-refractivity contribution < 1.29 is 17.9 Å². The number of halogens is 3. The summed E-state index contributed by atoms with van der Waals surface area (Å²) in [5, 5.41) is 6.51. The fourth-order valence-electron chi connectivity index (χ4n) is 2.45. The summed E-state index contributed by atoms with van der Waals surface area (Å²) in [6.07, 6.45) is -3.83. The molecule has 8 heteroatoms. The van der Waals surface area contributed by atoms with Crippen molar-refractivity contribution in [3.8, 4) is 5.75 Å². The molecule has 0 aromatic heterocycles. The average molecular weight is 397 g/mol. The minimum absolute atomic E-state index is 0.231. The zero-order chi connectivity index (χ0) is 19.9. The molecule has 0 unspecified atom stereocenters. The third-order valence-corrected chi connectivity index (χ3v) is 4.13. The molecule has 0 amide bonds. The summed E-state index contributed by atoms with van der Waals surface area (Å²) in [7, 11) is 4.01. The number of likely N-dealkylation sites (N-methyl/N-ethyl adjacent to an activating group) is 1. The number of nitrogens with zero attached hydrogens (tertiary/aromatic N) is 1. The van der Waals surface area contributed by atoms with Crippen LogP contribution >= 0.6 is 12.2 Å². The van der Waals surface area contributed by atoms with Crippen molar-refractivity contribution in [3.63, 3.8) is 0 Å². The van der Waals surface area contributed by atoms with Crippen molar-refractivity contribution in [3.05, 3.63) is 60.2 Å². The van der Waals surface area contributed by atoms with Crippen LogP contribution in [0.5, 0.6) is 5.75 Å². The number of rotatable bonds is 7. The molecule has 0 heterocycles. The van der Waals surface area contributed by atoms with Gasteiger partial charge in [0.1, 0.15) is 5.75 Å².